The minimum Gasteiger partial charge on any atom is -0.481 e. The Balaban J connectivity index is 2.60. The molecule has 0 saturated heterocycles. The van der Waals surface area contributed by atoms with Crippen LogP contribution in [0.5, 0.6) is 0 Å². The molecule has 16 heavy (non-hydrogen) atoms. The topological polar surface area (TPSA) is 63.3 Å². The van der Waals surface area contributed by atoms with Crippen LogP contribution in [0.2, 0.25) is 0 Å². The van der Waals surface area contributed by atoms with Crippen molar-refractivity contribution >= 4 is 12.0 Å². The maximum atomic E-state index is 10.4. The summed E-state index contributed by atoms with van der Waals surface area (Å²) in [7, 11) is 0. The number of benzene rings is 1. The van der Waals surface area contributed by atoms with Crippen LogP contribution in [0, 0.1) is 0 Å². The molecular weight excluding hydrogens is 202 g/mol. The predicted molar refractivity (Wildman–Crippen MR) is 65.1 cm³/mol. The van der Waals surface area contributed by atoms with Gasteiger partial charge in [-0.2, -0.15) is 0 Å². The van der Waals surface area contributed by atoms with Gasteiger partial charge in [0.15, 0.2) is 0 Å². The van der Waals surface area contributed by atoms with E-state index < -0.39 is 5.97 Å². The van der Waals surface area contributed by atoms with Crippen LogP contribution >= 0.6 is 0 Å². The fraction of sp³-hybridized carbons (Fsp3) is 0.308. The number of carboxylic acids is 1. The van der Waals surface area contributed by atoms with Gasteiger partial charge < -0.3 is 10.8 Å². The van der Waals surface area contributed by atoms with Gasteiger partial charge in [-0.15, -0.1) is 0 Å². The van der Waals surface area contributed by atoms with Gasteiger partial charge in [0.1, 0.15) is 0 Å². The monoisotopic (exact) mass is 219 g/mol. The second kappa shape index (κ2) is 6.80. The maximum absolute atomic E-state index is 10.4. The van der Waals surface area contributed by atoms with Crippen LogP contribution in [-0.2, 0) is 11.2 Å². The number of aryl methyl sites for hydroxylation is 1. The van der Waals surface area contributed by atoms with Gasteiger partial charge in [0.05, 0.1) is 0 Å². The summed E-state index contributed by atoms with van der Waals surface area (Å²) in [5.74, 6) is -0.760. The zero-order valence-corrected chi connectivity index (χ0v) is 9.23. The third-order valence-electron chi connectivity index (χ3n) is 2.22. The molecule has 0 radical (unpaired) electrons. The Hall–Kier alpha value is -1.61. The quantitative estimate of drug-likeness (QED) is 0.769. The highest BCUT2D eigenvalue weighted by Gasteiger charge is 1.98. The van der Waals surface area contributed by atoms with Crippen molar-refractivity contribution in [2.45, 2.75) is 19.3 Å². The predicted octanol–water partition coefficient (Wildman–Crippen LogP) is 2.07. The fourth-order valence-corrected chi connectivity index (χ4v) is 1.42. The summed E-state index contributed by atoms with van der Waals surface area (Å²) < 4.78 is 0. The molecule has 0 spiro atoms. The number of carboxylic acid groups (broad SMARTS) is 1. The first-order valence-electron chi connectivity index (χ1n) is 5.39. The van der Waals surface area contributed by atoms with Crippen LogP contribution in [0.1, 0.15) is 24.0 Å². The molecule has 0 aliphatic heterocycles. The van der Waals surface area contributed by atoms with E-state index in [-0.39, 0.29) is 6.42 Å². The van der Waals surface area contributed by atoms with Crippen molar-refractivity contribution in [3.8, 4) is 0 Å². The van der Waals surface area contributed by atoms with Crippen LogP contribution in [-0.4, -0.2) is 17.6 Å². The number of hydrogen-bond acceptors (Lipinski definition) is 2. The summed E-state index contributed by atoms with van der Waals surface area (Å²) in [5, 5.41) is 8.59. The molecule has 0 aliphatic carbocycles. The van der Waals surface area contributed by atoms with Crippen molar-refractivity contribution in [3.63, 3.8) is 0 Å². The molecule has 1 aromatic rings. The van der Waals surface area contributed by atoms with E-state index in [9.17, 15) is 4.79 Å². The average molecular weight is 219 g/mol. The van der Waals surface area contributed by atoms with E-state index in [2.05, 4.69) is 0 Å². The normalized spacial score (nSPS) is 10.8. The molecule has 1 aromatic carbocycles. The van der Waals surface area contributed by atoms with E-state index in [0.717, 1.165) is 17.5 Å². The molecule has 1 rings (SSSR count). The first-order valence-corrected chi connectivity index (χ1v) is 5.39. The Bertz CT molecular complexity index is 372. The summed E-state index contributed by atoms with van der Waals surface area (Å²) >= 11 is 0. The van der Waals surface area contributed by atoms with Crippen LogP contribution in [0.15, 0.2) is 30.3 Å². The van der Waals surface area contributed by atoms with Gasteiger partial charge >= 0.3 is 5.97 Å². The van der Waals surface area contributed by atoms with Crippen LogP contribution < -0.4 is 5.73 Å². The van der Waals surface area contributed by atoms with Gasteiger partial charge in [0, 0.05) is 6.42 Å². The second-order valence-corrected chi connectivity index (χ2v) is 3.62. The Kier molecular flexibility index (Phi) is 5.29. The van der Waals surface area contributed by atoms with Crippen molar-refractivity contribution in [1.29, 1.82) is 0 Å². The molecule has 86 valence electrons. The van der Waals surface area contributed by atoms with E-state index >= 15 is 0 Å². The molecule has 3 heteroatoms. The van der Waals surface area contributed by atoms with E-state index in [0.29, 0.717) is 13.0 Å². The van der Waals surface area contributed by atoms with Crippen molar-refractivity contribution in [2.24, 2.45) is 5.73 Å². The summed E-state index contributed by atoms with van der Waals surface area (Å²) in [5.41, 5.74) is 7.53. The van der Waals surface area contributed by atoms with Crippen molar-refractivity contribution in [1.82, 2.24) is 0 Å². The van der Waals surface area contributed by atoms with Gasteiger partial charge in [-0.05, 0) is 30.5 Å². The van der Waals surface area contributed by atoms with E-state index in [1.807, 2.05) is 36.4 Å². The Morgan fingerprint density at radius 3 is 2.94 bits per heavy atom. The minimum absolute atomic E-state index is 0.177. The highest BCUT2D eigenvalue weighted by Crippen LogP contribution is 2.09. The third kappa shape index (κ3) is 4.75. The third-order valence-corrected chi connectivity index (χ3v) is 2.22. The molecule has 0 aliphatic rings. The summed E-state index contributed by atoms with van der Waals surface area (Å²) in [6, 6.07) is 7.90. The Morgan fingerprint density at radius 2 is 2.25 bits per heavy atom. The molecule has 0 unspecified atom stereocenters. The zero-order valence-electron chi connectivity index (χ0n) is 9.23. The number of nitrogens with two attached hydrogens (primary N) is 1. The number of rotatable bonds is 6. The molecule has 0 bridgehead atoms. The first kappa shape index (κ1) is 12.5. The molecular formula is C13H17NO2. The minimum atomic E-state index is -0.760. The summed E-state index contributed by atoms with van der Waals surface area (Å²) in [6.07, 6.45) is 5.65. The maximum Gasteiger partial charge on any atom is 0.303 e. The molecule has 0 saturated carbocycles. The average Bonchev–Trinajstić information content (AvgIpc) is 2.27. The highest BCUT2D eigenvalue weighted by atomic mass is 16.4. The highest BCUT2D eigenvalue weighted by molar-refractivity contribution is 5.67. The van der Waals surface area contributed by atoms with E-state index in [1.54, 1.807) is 0 Å². The Morgan fingerprint density at radius 1 is 1.44 bits per heavy atom. The lowest BCUT2D eigenvalue weighted by Crippen LogP contribution is -1.97. The molecule has 0 heterocycles. The number of carbonyl (C=O) groups is 1. The molecule has 0 fully saturated rings. The lowest BCUT2D eigenvalue weighted by Gasteiger charge is -2.00. The summed E-state index contributed by atoms with van der Waals surface area (Å²) in [6.45, 7) is 0.648. The fourth-order valence-electron chi connectivity index (χ4n) is 1.42. The first-order chi connectivity index (χ1) is 7.72. The molecule has 3 N–H and O–H groups in total. The largest absolute Gasteiger partial charge is 0.481 e. The zero-order chi connectivity index (χ0) is 11.8. The van der Waals surface area contributed by atoms with Crippen molar-refractivity contribution in [3.05, 3.63) is 41.5 Å². The van der Waals surface area contributed by atoms with Gasteiger partial charge in [-0.3, -0.25) is 4.79 Å². The van der Waals surface area contributed by atoms with Crippen molar-refractivity contribution in [2.75, 3.05) is 6.54 Å². The molecule has 0 aromatic heterocycles. The smallest absolute Gasteiger partial charge is 0.303 e. The van der Waals surface area contributed by atoms with Crippen LogP contribution in [0.25, 0.3) is 6.08 Å². The lowest BCUT2D eigenvalue weighted by molar-refractivity contribution is -0.136. The standard InChI is InChI=1S/C13H17NO2/c14-9-2-1-4-11-5-3-6-12(10-11)7-8-13(15)16/h1,3-6,10H,2,7-9,14H2,(H,15,16). The second-order valence-electron chi connectivity index (χ2n) is 3.62. The SMILES string of the molecule is NCCC=Cc1cccc(CCC(=O)O)c1. The van der Waals surface area contributed by atoms with E-state index in [1.165, 1.54) is 0 Å². The van der Waals surface area contributed by atoms with E-state index in [4.69, 9.17) is 10.8 Å². The van der Waals surface area contributed by atoms with Gasteiger partial charge in [0.2, 0.25) is 0 Å². The number of aliphatic carboxylic acids is 1. The number of hydrogen-bond donors (Lipinski definition) is 2. The molecule has 3 nitrogen and oxygen atoms in total. The van der Waals surface area contributed by atoms with Gasteiger partial charge in [-0.25, -0.2) is 0 Å². The van der Waals surface area contributed by atoms with Crippen LogP contribution in [0.3, 0.4) is 0 Å². The molecule has 0 amide bonds. The molecule has 0 atom stereocenters. The summed E-state index contributed by atoms with van der Waals surface area (Å²) in [4.78, 5) is 10.4. The van der Waals surface area contributed by atoms with Crippen molar-refractivity contribution < 1.29 is 9.90 Å². The van der Waals surface area contributed by atoms with Gasteiger partial charge in [0.25, 0.3) is 0 Å². The lowest BCUT2D eigenvalue weighted by atomic mass is 10.1. The van der Waals surface area contributed by atoms with Gasteiger partial charge in [-0.1, -0.05) is 36.4 Å². The Labute approximate surface area is 95.6 Å². The van der Waals surface area contributed by atoms with Crippen LogP contribution in [0.4, 0.5) is 0 Å².